The second kappa shape index (κ2) is 5.63. The van der Waals surface area contributed by atoms with Crippen molar-refractivity contribution in [2.24, 2.45) is 0 Å². The summed E-state index contributed by atoms with van der Waals surface area (Å²) in [4.78, 5) is 19.2. The van der Waals surface area contributed by atoms with Crippen LogP contribution in [0.5, 0.6) is 0 Å². The van der Waals surface area contributed by atoms with Crippen LogP contribution >= 0.6 is 34.7 Å². The molecule has 0 aromatic carbocycles. The fourth-order valence-corrected chi connectivity index (χ4v) is 3.93. The highest BCUT2D eigenvalue weighted by Crippen LogP contribution is 2.33. The number of nitrogens with zero attached hydrogens (tertiary/aromatic N) is 4. The molecule has 0 aliphatic heterocycles. The van der Waals surface area contributed by atoms with E-state index in [2.05, 4.69) is 33.8 Å². The van der Waals surface area contributed by atoms with Crippen molar-refractivity contribution in [2.75, 3.05) is 0 Å². The van der Waals surface area contributed by atoms with Crippen LogP contribution in [0.1, 0.15) is 16.3 Å². The minimum Gasteiger partial charge on any atom is -0.245 e. The van der Waals surface area contributed by atoms with E-state index in [1.807, 2.05) is 6.07 Å². The predicted octanol–water partition coefficient (Wildman–Crippen LogP) is 4.04. The van der Waals surface area contributed by atoms with Gasteiger partial charge in [-0.3, -0.25) is 0 Å². The van der Waals surface area contributed by atoms with Gasteiger partial charge >= 0.3 is 0 Å². The molecule has 0 saturated heterocycles. The first kappa shape index (κ1) is 13.7. The number of hydrogen-bond donors (Lipinski definition) is 0. The fraction of sp³-hybridized carbons (Fsp3) is 0.231. The van der Waals surface area contributed by atoms with Gasteiger partial charge in [-0.15, -0.1) is 11.3 Å². The van der Waals surface area contributed by atoms with Gasteiger partial charge in [-0.2, -0.15) is 0 Å². The fourth-order valence-electron chi connectivity index (χ4n) is 1.81. The molecule has 3 aromatic rings. The van der Waals surface area contributed by atoms with Crippen LogP contribution in [0.4, 0.5) is 0 Å². The molecule has 0 amide bonds. The van der Waals surface area contributed by atoms with Crippen molar-refractivity contribution >= 4 is 44.9 Å². The number of fused-ring (bicyclic) bond motifs is 1. The van der Waals surface area contributed by atoms with Crippen LogP contribution in [0, 0.1) is 13.8 Å². The van der Waals surface area contributed by atoms with Crippen molar-refractivity contribution < 1.29 is 0 Å². The second-order valence-electron chi connectivity index (χ2n) is 4.23. The highest BCUT2D eigenvalue weighted by Gasteiger charge is 2.13. The molecule has 20 heavy (non-hydrogen) atoms. The molecule has 0 atom stereocenters. The van der Waals surface area contributed by atoms with Gasteiger partial charge < -0.3 is 0 Å². The molecule has 0 bridgehead atoms. The van der Waals surface area contributed by atoms with Gasteiger partial charge in [-0.25, -0.2) is 19.9 Å². The maximum atomic E-state index is 6.28. The number of aromatic nitrogens is 4. The number of rotatable bonds is 3. The Morgan fingerprint density at radius 1 is 1.30 bits per heavy atom. The van der Waals surface area contributed by atoms with E-state index in [0.717, 1.165) is 21.1 Å². The largest absolute Gasteiger partial charge is 0.245 e. The Morgan fingerprint density at radius 3 is 2.90 bits per heavy atom. The zero-order valence-electron chi connectivity index (χ0n) is 10.9. The van der Waals surface area contributed by atoms with Crippen LogP contribution in [0.3, 0.4) is 0 Å². The average molecular weight is 323 g/mol. The van der Waals surface area contributed by atoms with Crippen molar-refractivity contribution in [3.8, 4) is 0 Å². The van der Waals surface area contributed by atoms with E-state index < -0.39 is 0 Å². The molecule has 3 rings (SSSR count). The van der Waals surface area contributed by atoms with Crippen LogP contribution in [0.25, 0.3) is 10.2 Å². The lowest BCUT2D eigenvalue weighted by Crippen LogP contribution is -1.94. The third-order valence-electron chi connectivity index (χ3n) is 2.93. The van der Waals surface area contributed by atoms with Crippen LogP contribution in [0.2, 0.25) is 5.15 Å². The number of halogens is 1. The third-order valence-corrected chi connectivity index (χ3v) is 5.25. The molecule has 0 fully saturated rings. The lowest BCUT2D eigenvalue weighted by Gasteiger charge is -2.02. The van der Waals surface area contributed by atoms with Gasteiger partial charge in [0.05, 0.1) is 16.2 Å². The molecule has 0 saturated carbocycles. The first-order valence-corrected chi connectivity index (χ1v) is 8.14. The van der Waals surface area contributed by atoms with Crippen LogP contribution in [0.15, 0.2) is 23.6 Å². The van der Waals surface area contributed by atoms with E-state index in [0.29, 0.717) is 10.9 Å². The van der Waals surface area contributed by atoms with Gasteiger partial charge in [0, 0.05) is 11.1 Å². The smallest absolute Gasteiger partial charge is 0.142 e. The summed E-state index contributed by atoms with van der Waals surface area (Å²) in [6.45, 7) is 4.13. The standard InChI is InChI=1S/C13H11ClN4S2/c1-7-8(2)20-13-11(7)12(14)17-9(18-13)5-19-10-3-4-15-6-16-10/h3-4,6H,5H2,1-2H3. The Balaban J connectivity index is 1.89. The molecule has 102 valence electrons. The lowest BCUT2D eigenvalue weighted by atomic mass is 10.2. The van der Waals surface area contributed by atoms with Crippen LogP contribution in [-0.4, -0.2) is 19.9 Å². The number of aryl methyl sites for hydroxylation is 2. The summed E-state index contributed by atoms with van der Waals surface area (Å²) in [5.41, 5.74) is 1.17. The van der Waals surface area contributed by atoms with E-state index in [4.69, 9.17) is 11.6 Å². The third kappa shape index (κ3) is 2.63. The molecular weight excluding hydrogens is 312 g/mol. The summed E-state index contributed by atoms with van der Waals surface area (Å²) >= 11 is 9.51. The molecule has 0 spiro atoms. The maximum Gasteiger partial charge on any atom is 0.142 e. The molecule has 0 aliphatic rings. The summed E-state index contributed by atoms with van der Waals surface area (Å²) in [5, 5.41) is 2.42. The summed E-state index contributed by atoms with van der Waals surface area (Å²) in [5.74, 6) is 1.37. The van der Waals surface area contributed by atoms with E-state index in [1.165, 1.54) is 16.8 Å². The van der Waals surface area contributed by atoms with E-state index >= 15 is 0 Å². The van der Waals surface area contributed by atoms with Crippen molar-refractivity contribution in [3.05, 3.63) is 40.0 Å². The van der Waals surface area contributed by atoms with Gasteiger partial charge in [0.25, 0.3) is 0 Å². The summed E-state index contributed by atoms with van der Waals surface area (Å²) in [6.07, 6.45) is 3.25. The van der Waals surface area contributed by atoms with E-state index in [-0.39, 0.29) is 0 Å². The SMILES string of the molecule is Cc1sc2nc(CSc3ccncn3)nc(Cl)c2c1C. The summed E-state index contributed by atoms with van der Waals surface area (Å²) in [6, 6.07) is 1.87. The molecule has 0 radical (unpaired) electrons. The van der Waals surface area contributed by atoms with Crippen LogP contribution < -0.4 is 0 Å². The Labute approximate surface area is 129 Å². The zero-order chi connectivity index (χ0) is 14.1. The second-order valence-corrected chi connectivity index (χ2v) is 6.79. The molecule has 3 heterocycles. The van der Waals surface area contributed by atoms with Crippen molar-refractivity contribution in [2.45, 2.75) is 24.6 Å². The maximum absolute atomic E-state index is 6.28. The first-order chi connectivity index (χ1) is 9.65. The normalized spacial score (nSPS) is 11.2. The van der Waals surface area contributed by atoms with Gasteiger partial charge in [-0.1, -0.05) is 23.4 Å². The highest BCUT2D eigenvalue weighted by atomic mass is 35.5. The molecule has 0 N–H and O–H groups in total. The Bertz CT molecular complexity index is 758. The first-order valence-electron chi connectivity index (χ1n) is 5.96. The van der Waals surface area contributed by atoms with Gasteiger partial charge in [0.2, 0.25) is 0 Å². The Morgan fingerprint density at radius 2 is 2.15 bits per heavy atom. The quantitative estimate of drug-likeness (QED) is 0.538. The topological polar surface area (TPSA) is 51.6 Å². The molecule has 0 aliphatic carbocycles. The van der Waals surface area contributed by atoms with Gasteiger partial charge in [0.1, 0.15) is 22.1 Å². The minimum absolute atomic E-state index is 0.537. The van der Waals surface area contributed by atoms with E-state index in [1.54, 1.807) is 29.3 Å². The highest BCUT2D eigenvalue weighted by molar-refractivity contribution is 7.98. The van der Waals surface area contributed by atoms with Crippen molar-refractivity contribution in [1.82, 2.24) is 19.9 Å². The van der Waals surface area contributed by atoms with Crippen molar-refractivity contribution in [1.29, 1.82) is 0 Å². The molecule has 0 unspecified atom stereocenters. The molecular formula is C13H11ClN4S2. The predicted molar refractivity (Wildman–Crippen MR) is 83.5 cm³/mol. The molecule has 4 nitrogen and oxygen atoms in total. The van der Waals surface area contributed by atoms with Crippen LogP contribution in [-0.2, 0) is 5.75 Å². The lowest BCUT2D eigenvalue weighted by molar-refractivity contribution is 1.03. The van der Waals surface area contributed by atoms with Crippen molar-refractivity contribution in [3.63, 3.8) is 0 Å². The summed E-state index contributed by atoms with van der Waals surface area (Å²) < 4.78 is 0. The molecule has 3 aromatic heterocycles. The number of thiophene rings is 1. The Kier molecular flexibility index (Phi) is 3.87. The van der Waals surface area contributed by atoms with Gasteiger partial charge in [0.15, 0.2) is 0 Å². The Hall–Kier alpha value is -1.24. The zero-order valence-corrected chi connectivity index (χ0v) is 13.3. The van der Waals surface area contributed by atoms with E-state index in [9.17, 15) is 0 Å². The minimum atomic E-state index is 0.537. The number of hydrogen-bond acceptors (Lipinski definition) is 6. The van der Waals surface area contributed by atoms with Gasteiger partial charge in [-0.05, 0) is 25.5 Å². The number of thioether (sulfide) groups is 1. The summed E-state index contributed by atoms with van der Waals surface area (Å²) in [7, 11) is 0. The molecule has 7 heteroatoms. The monoisotopic (exact) mass is 322 g/mol. The average Bonchev–Trinajstić information content (AvgIpc) is 2.73.